The van der Waals surface area contributed by atoms with E-state index in [0.717, 1.165) is 22.4 Å². The van der Waals surface area contributed by atoms with Crippen LogP contribution in [0.5, 0.6) is 0 Å². The maximum Gasteiger partial charge on any atom is 0.0447 e. The molecule has 14 heavy (non-hydrogen) atoms. The lowest BCUT2D eigenvalue weighted by atomic mass is 9.97. The molecule has 0 N–H and O–H groups in total. The van der Waals surface area contributed by atoms with Crippen molar-refractivity contribution in [3.8, 4) is 0 Å². The lowest BCUT2D eigenvalue weighted by Crippen LogP contribution is -1.93. The van der Waals surface area contributed by atoms with Gasteiger partial charge in [0.1, 0.15) is 0 Å². The lowest BCUT2D eigenvalue weighted by Gasteiger charge is -2.10. The van der Waals surface area contributed by atoms with Gasteiger partial charge in [-0.15, -0.1) is 6.58 Å². The van der Waals surface area contributed by atoms with Gasteiger partial charge in [0, 0.05) is 10.9 Å². The summed E-state index contributed by atoms with van der Waals surface area (Å²) in [5.41, 5.74) is 2.55. The summed E-state index contributed by atoms with van der Waals surface area (Å²) < 4.78 is 0. The highest BCUT2D eigenvalue weighted by Crippen LogP contribution is 2.41. The van der Waals surface area contributed by atoms with Crippen LogP contribution in [0.1, 0.15) is 36.8 Å². The van der Waals surface area contributed by atoms with Crippen LogP contribution in [-0.4, -0.2) is 0 Å². The van der Waals surface area contributed by atoms with Crippen molar-refractivity contribution in [2.45, 2.75) is 25.7 Å². The summed E-state index contributed by atoms with van der Waals surface area (Å²) in [6.45, 7) is 5.82. The second kappa shape index (κ2) is 3.78. The van der Waals surface area contributed by atoms with Gasteiger partial charge in [0.15, 0.2) is 0 Å². The first-order chi connectivity index (χ1) is 6.72. The molecule has 0 amide bonds. The molecule has 1 heteroatoms. The van der Waals surface area contributed by atoms with Crippen LogP contribution in [0, 0.1) is 5.92 Å². The second-order valence-electron chi connectivity index (χ2n) is 3.90. The Bertz CT molecular complexity index is 350. The van der Waals surface area contributed by atoms with Crippen molar-refractivity contribution < 1.29 is 0 Å². The first kappa shape index (κ1) is 9.79. The third-order valence-electron chi connectivity index (χ3n) is 2.77. The maximum absolute atomic E-state index is 6.13. The molecular weight excluding hydrogens is 192 g/mol. The summed E-state index contributed by atoms with van der Waals surface area (Å²) in [7, 11) is 0. The molecule has 0 atom stereocenters. The normalized spacial score (nSPS) is 15.9. The average Bonchev–Trinajstić information content (AvgIpc) is 3.01. The minimum Gasteiger partial charge on any atom is -0.102 e. The zero-order chi connectivity index (χ0) is 10.1. The summed E-state index contributed by atoms with van der Waals surface area (Å²) in [5, 5.41) is 0.826. The number of hydrogen-bond donors (Lipinski definition) is 0. The Morgan fingerprint density at radius 3 is 2.79 bits per heavy atom. The third kappa shape index (κ3) is 1.85. The molecule has 1 aliphatic rings. The van der Waals surface area contributed by atoms with E-state index in [1.165, 1.54) is 18.4 Å². The molecule has 1 radical (unpaired) electrons. The fourth-order valence-corrected chi connectivity index (χ4v) is 1.89. The summed E-state index contributed by atoms with van der Waals surface area (Å²) in [4.78, 5) is 0. The van der Waals surface area contributed by atoms with Gasteiger partial charge in [0.05, 0.1) is 0 Å². The molecule has 0 unspecified atom stereocenters. The van der Waals surface area contributed by atoms with Crippen molar-refractivity contribution in [2.75, 3.05) is 0 Å². The quantitative estimate of drug-likeness (QED) is 0.689. The zero-order valence-electron chi connectivity index (χ0n) is 8.39. The Balaban J connectivity index is 2.35. The second-order valence-corrected chi connectivity index (χ2v) is 4.31. The molecule has 1 aromatic rings. The topological polar surface area (TPSA) is 0 Å². The Kier molecular flexibility index (Phi) is 2.64. The van der Waals surface area contributed by atoms with Gasteiger partial charge in [0.25, 0.3) is 0 Å². The van der Waals surface area contributed by atoms with Crippen LogP contribution in [0.15, 0.2) is 30.9 Å². The van der Waals surface area contributed by atoms with Gasteiger partial charge >= 0.3 is 0 Å². The minimum absolute atomic E-state index is 0.781. The van der Waals surface area contributed by atoms with Gasteiger partial charge < -0.3 is 0 Å². The maximum atomic E-state index is 6.13. The van der Waals surface area contributed by atoms with E-state index in [1.54, 1.807) is 0 Å². The first-order valence-corrected chi connectivity index (χ1v) is 5.36. The number of rotatable bonds is 3. The summed E-state index contributed by atoms with van der Waals surface area (Å²) >= 11 is 6.13. The standard InChI is InChI=1S/C13H14Cl/c1-3-9(2)12-8-11(10-4-5-10)6-7-13(12)14/h3,6-8,10H,1,4-5H2,2H3. The van der Waals surface area contributed by atoms with E-state index < -0.39 is 0 Å². The molecule has 2 rings (SSSR count). The molecule has 1 saturated carbocycles. The lowest BCUT2D eigenvalue weighted by molar-refractivity contribution is 1.11. The van der Waals surface area contributed by atoms with Gasteiger partial charge in [-0.05, 0) is 36.0 Å². The van der Waals surface area contributed by atoms with Crippen molar-refractivity contribution in [3.63, 3.8) is 0 Å². The summed E-state index contributed by atoms with van der Waals surface area (Å²) in [5.74, 6) is 1.93. The molecular formula is C13H14Cl. The predicted octanol–water partition coefficient (Wildman–Crippen LogP) is 4.35. The van der Waals surface area contributed by atoms with Gasteiger partial charge in [-0.3, -0.25) is 0 Å². The van der Waals surface area contributed by atoms with Crippen LogP contribution in [0.25, 0.3) is 0 Å². The van der Waals surface area contributed by atoms with Crippen LogP contribution in [-0.2, 0) is 0 Å². The minimum atomic E-state index is 0.781. The van der Waals surface area contributed by atoms with Gasteiger partial charge in [-0.25, -0.2) is 0 Å². The fraction of sp³-hybridized carbons (Fsp3) is 0.308. The molecule has 0 aliphatic heterocycles. The van der Waals surface area contributed by atoms with E-state index in [1.807, 2.05) is 19.1 Å². The summed E-state index contributed by atoms with van der Waals surface area (Å²) in [6.07, 6.45) is 4.51. The number of halogens is 1. The molecule has 1 fully saturated rings. The van der Waals surface area contributed by atoms with Crippen LogP contribution in [0.4, 0.5) is 0 Å². The van der Waals surface area contributed by atoms with Gasteiger partial charge in [0.2, 0.25) is 0 Å². The summed E-state index contributed by atoms with van der Waals surface area (Å²) in [6, 6.07) is 6.34. The monoisotopic (exact) mass is 205 g/mol. The van der Waals surface area contributed by atoms with Crippen molar-refractivity contribution >= 4 is 11.6 Å². The largest absolute Gasteiger partial charge is 0.102 e. The predicted molar refractivity (Wildman–Crippen MR) is 61.6 cm³/mol. The zero-order valence-corrected chi connectivity index (χ0v) is 9.14. The molecule has 0 bridgehead atoms. The van der Waals surface area contributed by atoms with Crippen molar-refractivity contribution in [1.82, 2.24) is 0 Å². The third-order valence-corrected chi connectivity index (χ3v) is 3.10. The number of allylic oxidation sites excluding steroid dienone is 1. The van der Waals surface area contributed by atoms with E-state index in [4.69, 9.17) is 11.6 Å². The van der Waals surface area contributed by atoms with Crippen molar-refractivity contribution in [2.24, 2.45) is 0 Å². The van der Waals surface area contributed by atoms with Crippen LogP contribution >= 0.6 is 11.6 Å². The van der Waals surface area contributed by atoms with E-state index in [9.17, 15) is 0 Å². The SMILES string of the molecule is C=C[C](C)c1cc(C2CC2)ccc1Cl. The molecule has 0 saturated heterocycles. The first-order valence-electron chi connectivity index (χ1n) is 4.98. The highest BCUT2D eigenvalue weighted by molar-refractivity contribution is 6.31. The molecule has 0 heterocycles. The van der Waals surface area contributed by atoms with Crippen LogP contribution < -0.4 is 0 Å². The molecule has 1 aliphatic carbocycles. The van der Waals surface area contributed by atoms with E-state index in [-0.39, 0.29) is 0 Å². The Labute approximate surface area is 90.6 Å². The number of benzene rings is 1. The number of hydrogen-bond acceptors (Lipinski definition) is 0. The van der Waals surface area contributed by atoms with E-state index in [0.29, 0.717) is 0 Å². The highest BCUT2D eigenvalue weighted by Gasteiger charge is 2.24. The van der Waals surface area contributed by atoms with Crippen LogP contribution in [0.2, 0.25) is 5.02 Å². The average molecular weight is 206 g/mol. The molecule has 0 aromatic heterocycles. The highest BCUT2D eigenvalue weighted by atomic mass is 35.5. The molecule has 0 spiro atoms. The smallest absolute Gasteiger partial charge is 0.0447 e. The van der Waals surface area contributed by atoms with Crippen molar-refractivity contribution in [3.05, 3.63) is 52.9 Å². The molecule has 1 aromatic carbocycles. The van der Waals surface area contributed by atoms with Crippen LogP contribution in [0.3, 0.4) is 0 Å². The van der Waals surface area contributed by atoms with E-state index in [2.05, 4.69) is 18.7 Å². The van der Waals surface area contributed by atoms with Crippen molar-refractivity contribution in [1.29, 1.82) is 0 Å². The Hall–Kier alpha value is -0.750. The molecule has 73 valence electrons. The van der Waals surface area contributed by atoms with Gasteiger partial charge in [-0.2, -0.15) is 0 Å². The molecule has 0 nitrogen and oxygen atoms in total. The fourth-order valence-electron chi connectivity index (χ4n) is 1.63. The van der Waals surface area contributed by atoms with E-state index >= 15 is 0 Å². The Morgan fingerprint density at radius 2 is 2.21 bits per heavy atom. The Morgan fingerprint density at radius 1 is 1.50 bits per heavy atom. The van der Waals surface area contributed by atoms with Gasteiger partial charge in [-0.1, -0.05) is 36.7 Å².